The molecule has 0 amide bonds. The number of hydrogen-bond donors (Lipinski definition) is 1. The summed E-state index contributed by atoms with van der Waals surface area (Å²) in [6.45, 7) is 7.75. The molecule has 132 valence electrons. The van der Waals surface area contributed by atoms with E-state index >= 15 is 0 Å². The smallest absolute Gasteiger partial charge is 0.123 e. The zero-order chi connectivity index (χ0) is 17.6. The lowest BCUT2D eigenvalue weighted by Gasteiger charge is -2.43. The summed E-state index contributed by atoms with van der Waals surface area (Å²) in [6.07, 6.45) is -0.307. The van der Waals surface area contributed by atoms with E-state index < -0.39 is 0 Å². The van der Waals surface area contributed by atoms with E-state index in [0.29, 0.717) is 13.2 Å². The molecule has 0 spiro atoms. The summed E-state index contributed by atoms with van der Waals surface area (Å²) in [5, 5.41) is 3.55. The molecule has 1 fully saturated rings. The van der Waals surface area contributed by atoms with Crippen LogP contribution < -0.4 is 5.32 Å². The molecule has 0 aromatic heterocycles. The molecule has 3 nitrogen and oxygen atoms in total. The summed E-state index contributed by atoms with van der Waals surface area (Å²) in [5.74, 6) is -0.235. The fourth-order valence-corrected chi connectivity index (χ4v) is 3.70. The first-order valence-electron chi connectivity index (χ1n) is 8.83. The molecule has 25 heavy (non-hydrogen) atoms. The van der Waals surface area contributed by atoms with Crippen LogP contribution in [0.4, 0.5) is 10.1 Å². The van der Waals surface area contributed by atoms with Crippen LogP contribution in [0.5, 0.6) is 0 Å². The van der Waals surface area contributed by atoms with Gasteiger partial charge in [-0.2, -0.15) is 0 Å². The van der Waals surface area contributed by atoms with Crippen LogP contribution in [0, 0.1) is 5.82 Å². The SMILES string of the molecule is CC(C)(C)c1ccc2c(c1)[C@@H]1OCCO[C@@H]1[C@@H](c1cccc(F)c1)N2. The average molecular weight is 341 g/mol. The number of halogens is 1. The van der Waals surface area contributed by atoms with Crippen LogP contribution in [-0.2, 0) is 14.9 Å². The number of nitrogens with one attached hydrogen (secondary N) is 1. The van der Waals surface area contributed by atoms with Gasteiger partial charge in [-0.05, 0) is 34.7 Å². The Bertz CT molecular complexity index is 784. The van der Waals surface area contributed by atoms with Crippen LogP contribution >= 0.6 is 0 Å². The van der Waals surface area contributed by atoms with Crippen LogP contribution in [0.1, 0.15) is 49.6 Å². The maximum absolute atomic E-state index is 13.7. The Balaban J connectivity index is 1.78. The van der Waals surface area contributed by atoms with Crippen molar-refractivity contribution >= 4 is 5.69 Å². The maximum Gasteiger partial charge on any atom is 0.123 e. The van der Waals surface area contributed by atoms with E-state index in [4.69, 9.17) is 9.47 Å². The van der Waals surface area contributed by atoms with Crippen molar-refractivity contribution in [1.29, 1.82) is 0 Å². The molecular formula is C21H24FNO2. The minimum Gasteiger partial charge on any atom is -0.375 e. The summed E-state index contributed by atoms with van der Waals surface area (Å²) < 4.78 is 25.9. The predicted molar refractivity (Wildman–Crippen MR) is 96.3 cm³/mol. The molecule has 1 N–H and O–H groups in total. The largest absolute Gasteiger partial charge is 0.375 e. The van der Waals surface area contributed by atoms with Gasteiger partial charge in [-0.1, -0.05) is 45.0 Å². The van der Waals surface area contributed by atoms with Crippen molar-refractivity contribution in [2.75, 3.05) is 18.5 Å². The molecule has 2 aromatic carbocycles. The molecule has 4 rings (SSSR count). The quantitative estimate of drug-likeness (QED) is 0.812. The second-order valence-corrected chi connectivity index (χ2v) is 7.86. The van der Waals surface area contributed by atoms with Crippen LogP contribution in [0.25, 0.3) is 0 Å². The van der Waals surface area contributed by atoms with E-state index in [0.717, 1.165) is 16.8 Å². The van der Waals surface area contributed by atoms with E-state index in [1.807, 2.05) is 6.07 Å². The lowest BCUT2D eigenvalue weighted by atomic mass is 9.82. The monoisotopic (exact) mass is 341 g/mol. The highest BCUT2D eigenvalue weighted by Crippen LogP contribution is 2.45. The molecule has 1 saturated heterocycles. The molecule has 2 aromatic rings. The van der Waals surface area contributed by atoms with Gasteiger partial charge in [-0.25, -0.2) is 4.39 Å². The molecule has 2 aliphatic heterocycles. The molecule has 0 unspecified atom stereocenters. The van der Waals surface area contributed by atoms with Gasteiger partial charge in [0.1, 0.15) is 18.0 Å². The summed E-state index contributed by atoms with van der Waals surface area (Å²) in [5.41, 5.74) is 4.38. The van der Waals surface area contributed by atoms with Gasteiger partial charge in [0, 0.05) is 11.3 Å². The van der Waals surface area contributed by atoms with Gasteiger partial charge in [0.2, 0.25) is 0 Å². The molecule has 2 heterocycles. The zero-order valence-electron chi connectivity index (χ0n) is 14.9. The number of ether oxygens (including phenoxy) is 2. The maximum atomic E-state index is 13.7. The molecule has 3 atom stereocenters. The molecular weight excluding hydrogens is 317 g/mol. The van der Waals surface area contributed by atoms with E-state index in [-0.39, 0.29) is 29.5 Å². The Labute approximate surface area is 148 Å². The van der Waals surface area contributed by atoms with Gasteiger partial charge < -0.3 is 14.8 Å². The van der Waals surface area contributed by atoms with Crippen molar-refractivity contribution in [3.63, 3.8) is 0 Å². The fourth-order valence-electron chi connectivity index (χ4n) is 3.70. The van der Waals surface area contributed by atoms with Gasteiger partial charge in [0.15, 0.2) is 0 Å². The summed E-state index contributed by atoms with van der Waals surface area (Å²) in [6, 6.07) is 13.1. The highest BCUT2D eigenvalue weighted by Gasteiger charge is 2.41. The Morgan fingerprint density at radius 1 is 1.04 bits per heavy atom. The standard InChI is InChI=1S/C21H24FNO2/c1-21(2,3)14-7-8-17-16(12-14)19-20(25-10-9-24-19)18(23-17)13-5-4-6-15(22)11-13/h4-8,11-12,18-20,23H,9-10H2,1-3H3/t18-,19+,20-/m1/s1. The van der Waals surface area contributed by atoms with Crippen molar-refractivity contribution in [2.45, 2.75) is 44.4 Å². The summed E-state index contributed by atoms with van der Waals surface area (Å²) in [7, 11) is 0. The van der Waals surface area contributed by atoms with Crippen molar-refractivity contribution in [2.24, 2.45) is 0 Å². The molecule has 0 bridgehead atoms. The van der Waals surface area contributed by atoms with E-state index in [9.17, 15) is 4.39 Å². The fraction of sp³-hybridized carbons (Fsp3) is 0.429. The number of benzene rings is 2. The molecule has 4 heteroatoms. The number of anilines is 1. The highest BCUT2D eigenvalue weighted by molar-refractivity contribution is 5.59. The van der Waals surface area contributed by atoms with E-state index in [1.165, 1.54) is 11.6 Å². The summed E-state index contributed by atoms with van der Waals surface area (Å²) in [4.78, 5) is 0. The van der Waals surface area contributed by atoms with Crippen molar-refractivity contribution in [3.8, 4) is 0 Å². The van der Waals surface area contributed by atoms with Gasteiger partial charge in [-0.15, -0.1) is 0 Å². The van der Waals surface area contributed by atoms with Crippen molar-refractivity contribution in [1.82, 2.24) is 0 Å². The van der Waals surface area contributed by atoms with Gasteiger partial charge in [0.25, 0.3) is 0 Å². The first kappa shape index (κ1) is 16.6. The Kier molecular flexibility index (Phi) is 4.05. The second-order valence-electron chi connectivity index (χ2n) is 7.86. The van der Waals surface area contributed by atoms with Gasteiger partial charge in [0.05, 0.1) is 19.3 Å². The molecule has 0 radical (unpaired) electrons. The average Bonchev–Trinajstić information content (AvgIpc) is 2.60. The first-order chi connectivity index (χ1) is 11.9. The minimum atomic E-state index is -0.235. The van der Waals surface area contributed by atoms with E-state index in [2.05, 4.69) is 44.3 Å². The van der Waals surface area contributed by atoms with Crippen molar-refractivity contribution in [3.05, 3.63) is 65.0 Å². The van der Waals surface area contributed by atoms with Gasteiger partial charge in [-0.3, -0.25) is 0 Å². The Morgan fingerprint density at radius 2 is 1.84 bits per heavy atom. The number of rotatable bonds is 1. The predicted octanol–water partition coefficient (Wildman–Crippen LogP) is 4.75. The Morgan fingerprint density at radius 3 is 2.60 bits per heavy atom. The lowest BCUT2D eigenvalue weighted by Crippen LogP contribution is -2.43. The van der Waals surface area contributed by atoms with E-state index in [1.54, 1.807) is 12.1 Å². The second kappa shape index (κ2) is 6.11. The number of fused-ring (bicyclic) bond motifs is 3. The third-order valence-electron chi connectivity index (χ3n) is 5.06. The zero-order valence-corrected chi connectivity index (χ0v) is 14.9. The molecule has 2 aliphatic rings. The van der Waals surface area contributed by atoms with Crippen LogP contribution in [0.2, 0.25) is 0 Å². The topological polar surface area (TPSA) is 30.5 Å². The van der Waals surface area contributed by atoms with Crippen LogP contribution in [0.3, 0.4) is 0 Å². The third kappa shape index (κ3) is 3.05. The summed E-state index contributed by atoms with van der Waals surface area (Å²) >= 11 is 0. The third-order valence-corrected chi connectivity index (χ3v) is 5.06. The lowest BCUT2D eigenvalue weighted by molar-refractivity contribution is -0.151. The normalized spacial score (nSPS) is 25.7. The van der Waals surface area contributed by atoms with Crippen molar-refractivity contribution < 1.29 is 13.9 Å². The van der Waals surface area contributed by atoms with Crippen LogP contribution in [0.15, 0.2) is 42.5 Å². The molecule has 0 saturated carbocycles. The first-order valence-corrected chi connectivity index (χ1v) is 8.83. The van der Waals surface area contributed by atoms with Crippen LogP contribution in [-0.4, -0.2) is 19.3 Å². The number of hydrogen-bond acceptors (Lipinski definition) is 3. The Hall–Kier alpha value is -1.91. The molecule has 0 aliphatic carbocycles. The minimum absolute atomic E-state index is 0.0689. The van der Waals surface area contributed by atoms with Gasteiger partial charge >= 0.3 is 0 Å². The highest BCUT2D eigenvalue weighted by atomic mass is 19.1.